The standard InChI is InChI=1S/C16H14N2O2/c1-11-15-13(14(19)9-17-11)7-8-18(16(15)20)10-12-5-3-2-4-6-12/h2-9,19H,10H2,1H3. The first kappa shape index (κ1) is 12.4. The number of pyridine rings is 2. The molecule has 0 aliphatic rings. The quantitative estimate of drug-likeness (QED) is 0.775. The molecule has 20 heavy (non-hydrogen) atoms. The van der Waals surface area contributed by atoms with Gasteiger partial charge in [-0.25, -0.2) is 0 Å². The normalized spacial score (nSPS) is 10.8. The number of hydrogen-bond acceptors (Lipinski definition) is 3. The smallest absolute Gasteiger partial charge is 0.260 e. The lowest BCUT2D eigenvalue weighted by molar-refractivity contribution is 0.479. The van der Waals surface area contributed by atoms with E-state index in [9.17, 15) is 9.90 Å². The van der Waals surface area contributed by atoms with Crippen LogP contribution >= 0.6 is 0 Å². The molecule has 1 N–H and O–H groups in total. The third kappa shape index (κ3) is 2.05. The number of nitrogens with zero attached hydrogens (tertiary/aromatic N) is 2. The second-order valence-corrected chi connectivity index (χ2v) is 4.75. The lowest BCUT2D eigenvalue weighted by Gasteiger charge is -2.09. The maximum Gasteiger partial charge on any atom is 0.260 e. The van der Waals surface area contributed by atoms with Crippen molar-refractivity contribution < 1.29 is 5.11 Å². The van der Waals surface area contributed by atoms with Crippen molar-refractivity contribution in [2.45, 2.75) is 13.5 Å². The van der Waals surface area contributed by atoms with Gasteiger partial charge in [-0.3, -0.25) is 9.78 Å². The van der Waals surface area contributed by atoms with Gasteiger partial charge in [-0.1, -0.05) is 30.3 Å². The van der Waals surface area contributed by atoms with Crippen molar-refractivity contribution in [2.75, 3.05) is 0 Å². The molecule has 3 rings (SSSR count). The van der Waals surface area contributed by atoms with Crippen LogP contribution in [0.5, 0.6) is 5.75 Å². The van der Waals surface area contributed by atoms with Crippen molar-refractivity contribution >= 4 is 10.8 Å². The summed E-state index contributed by atoms with van der Waals surface area (Å²) in [6.45, 7) is 2.28. The Morgan fingerprint density at radius 1 is 1.20 bits per heavy atom. The number of aromatic nitrogens is 2. The number of fused-ring (bicyclic) bond motifs is 1. The molecular formula is C16H14N2O2. The molecule has 2 aromatic heterocycles. The largest absolute Gasteiger partial charge is 0.506 e. The van der Waals surface area contributed by atoms with Crippen LogP contribution < -0.4 is 5.56 Å². The zero-order valence-electron chi connectivity index (χ0n) is 11.1. The molecule has 0 bridgehead atoms. The highest BCUT2D eigenvalue weighted by Crippen LogP contribution is 2.22. The van der Waals surface area contributed by atoms with Gasteiger partial charge in [0.15, 0.2) is 0 Å². The van der Waals surface area contributed by atoms with Crippen LogP contribution in [0.15, 0.2) is 53.6 Å². The van der Waals surface area contributed by atoms with E-state index in [1.807, 2.05) is 30.3 Å². The minimum absolute atomic E-state index is 0.0366. The number of aryl methyl sites for hydroxylation is 1. The Balaban J connectivity index is 2.17. The van der Waals surface area contributed by atoms with E-state index in [2.05, 4.69) is 4.98 Å². The Bertz CT molecular complexity index is 823. The molecule has 0 radical (unpaired) electrons. The Labute approximate surface area is 116 Å². The van der Waals surface area contributed by atoms with Crippen LogP contribution in [-0.4, -0.2) is 14.7 Å². The third-order valence-corrected chi connectivity index (χ3v) is 3.38. The molecule has 0 fully saturated rings. The monoisotopic (exact) mass is 266 g/mol. The lowest BCUT2D eigenvalue weighted by Crippen LogP contribution is -2.21. The molecule has 0 atom stereocenters. The van der Waals surface area contributed by atoms with Crippen LogP contribution in [-0.2, 0) is 6.54 Å². The summed E-state index contributed by atoms with van der Waals surface area (Å²) < 4.78 is 1.63. The van der Waals surface area contributed by atoms with E-state index in [0.29, 0.717) is 23.0 Å². The van der Waals surface area contributed by atoms with Crippen molar-refractivity contribution in [3.05, 3.63) is 70.4 Å². The Morgan fingerprint density at radius 2 is 1.95 bits per heavy atom. The summed E-state index contributed by atoms with van der Waals surface area (Å²) in [6.07, 6.45) is 3.08. The first-order chi connectivity index (χ1) is 9.66. The molecular weight excluding hydrogens is 252 g/mol. The summed E-state index contributed by atoms with van der Waals surface area (Å²) in [4.78, 5) is 16.6. The van der Waals surface area contributed by atoms with Crippen LogP contribution in [0.25, 0.3) is 10.8 Å². The molecule has 0 amide bonds. The van der Waals surface area contributed by atoms with Crippen LogP contribution in [0, 0.1) is 6.92 Å². The molecule has 100 valence electrons. The summed E-state index contributed by atoms with van der Waals surface area (Å²) >= 11 is 0. The first-order valence-electron chi connectivity index (χ1n) is 6.38. The van der Waals surface area contributed by atoms with Gasteiger partial charge in [0, 0.05) is 11.6 Å². The summed E-state index contributed by atoms with van der Waals surface area (Å²) in [5, 5.41) is 10.8. The molecule has 0 saturated heterocycles. The highest BCUT2D eigenvalue weighted by Gasteiger charge is 2.10. The molecule has 0 saturated carbocycles. The zero-order valence-corrected chi connectivity index (χ0v) is 11.1. The van der Waals surface area contributed by atoms with E-state index in [0.717, 1.165) is 5.56 Å². The molecule has 0 spiro atoms. The van der Waals surface area contributed by atoms with Gasteiger partial charge >= 0.3 is 0 Å². The summed E-state index contributed by atoms with van der Waals surface area (Å²) in [5.41, 5.74) is 1.55. The van der Waals surface area contributed by atoms with Gasteiger partial charge in [-0.05, 0) is 18.6 Å². The van der Waals surface area contributed by atoms with Crippen molar-refractivity contribution in [1.29, 1.82) is 0 Å². The third-order valence-electron chi connectivity index (χ3n) is 3.38. The minimum Gasteiger partial charge on any atom is -0.506 e. The fourth-order valence-corrected chi connectivity index (χ4v) is 2.33. The SMILES string of the molecule is Cc1ncc(O)c2ccn(Cc3ccccc3)c(=O)c12. The summed E-state index contributed by atoms with van der Waals surface area (Å²) in [7, 11) is 0. The predicted octanol–water partition coefficient (Wildman–Crippen LogP) is 2.46. The van der Waals surface area contributed by atoms with E-state index in [4.69, 9.17) is 0 Å². The molecule has 0 unspecified atom stereocenters. The lowest BCUT2D eigenvalue weighted by atomic mass is 10.1. The first-order valence-corrected chi connectivity index (χ1v) is 6.38. The fourth-order valence-electron chi connectivity index (χ4n) is 2.33. The molecule has 4 nitrogen and oxygen atoms in total. The van der Waals surface area contributed by atoms with Gasteiger partial charge in [0.2, 0.25) is 0 Å². The summed E-state index contributed by atoms with van der Waals surface area (Å²) in [6, 6.07) is 11.5. The second kappa shape index (κ2) is 4.81. The van der Waals surface area contributed by atoms with Gasteiger partial charge in [0.1, 0.15) is 5.75 Å². The number of benzene rings is 1. The van der Waals surface area contributed by atoms with Crippen LogP contribution in [0.3, 0.4) is 0 Å². The minimum atomic E-state index is -0.132. The van der Waals surface area contributed by atoms with Crippen molar-refractivity contribution in [3.63, 3.8) is 0 Å². The van der Waals surface area contributed by atoms with E-state index < -0.39 is 0 Å². The summed E-state index contributed by atoms with van der Waals surface area (Å²) in [5.74, 6) is 0.0366. The van der Waals surface area contributed by atoms with Crippen LogP contribution in [0.4, 0.5) is 0 Å². The van der Waals surface area contributed by atoms with Gasteiger partial charge in [-0.2, -0.15) is 0 Å². The fraction of sp³-hybridized carbons (Fsp3) is 0.125. The molecule has 4 heteroatoms. The maximum atomic E-state index is 12.5. The van der Waals surface area contributed by atoms with E-state index in [-0.39, 0.29) is 11.3 Å². The van der Waals surface area contributed by atoms with Gasteiger partial charge in [0.25, 0.3) is 5.56 Å². The van der Waals surface area contributed by atoms with Gasteiger partial charge in [-0.15, -0.1) is 0 Å². The Hall–Kier alpha value is -2.62. The molecule has 3 aromatic rings. The van der Waals surface area contributed by atoms with E-state index in [1.54, 1.807) is 23.8 Å². The van der Waals surface area contributed by atoms with Crippen LogP contribution in [0.1, 0.15) is 11.3 Å². The van der Waals surface area contributed by atoms with E-state index in [1.165, 1.54) is 6.20 Å². The molecule has 0 aliphatic heterocycles. The number of aromatic hydroxyl groups is 1. The van der Waals surface area contributed by atoms with Crippen molar-refractivity contribution in [2.24, 2.45) is 0 Å². The van der Waals surface area contributed by atoms with Gasteiger partial charge < -0.3 is 9.67 Å². The van der Waals surface area contributed by atoms with Gasteiger partial charge in [0.05, 0.1) is 23.8 Å². The average molecular weight is 266 g/mol. The molecule has 2 heterocycles. The number of hydrogen-bond donors (Lipinski definition) is 1. The molecule has 1 aromatic carbocycles. The predicted molar refractivity (Wildman–Crippen MR) is 77.9 cm³/mol. The van der Waals surface area contributed by atoms with E-state index >= 15 is 0 Å². The van der Waals surface area contributed by atoms with Crippen molar-refractivity contribution in [1.82, 2.24) is 9.55 Å². The van der Waals surface area contributed by atoms with Crippen LogP contribution in [0.2, 0.25) is 0 Å². The van der Waals surface area contributed by atoms with Crippen molar-refractivity contribution in [3.8, 4) is 5.75 Å². The zero-order chi connectivity index (χ0) is 14.1. The maximum absolute atomic E-state index is 12.5. The Morgan fingerprint density at radius 3 is 2.70 bits per heavy atom. The topological polar surface area (TPSA) is 55.1 Å². The second-order valence-electron chi connectivity index (χ2n) is 4.75. The average Bonchev–Trinajstić information content (AvgIpc) is 2.46. The Kier molecular flexibility index (Phi) is 2.99. The highest BCUT2D eigenvalue weighted by molar-refractivity contribution is 5.88. The number of rotatable bonds is 2. The highest BCUT2D eigenvalue weighted by atomic mass is 16.3. The molecule has 0 aliphatic carbocycles.